The molecule has 1 unspecified atom stereocenters. The van der Waals surface area contributed by atoms with Crippen LogP contribution in [0.15, 0.2) is 52.5 Å². The van der Waals surface area contributed by atoms with Gasteiger partial charge in [0.05, 0.1) is 5.25 Å². The van der Waals surface area contributed by atoms with Crippen LogP contribution in [0.2, 0.25) is 0 Å². The maximum absolute atomic E-state index is 11.6. The number of para-hydroxylation sites is 1. The van der Waals surface area contributed by atoms with E-state index in [0.29, 0.717) is 23.5 Å². The monoisotopic (exact) mass is 369 g/mol. The van der Waals surface area contributed by atoms with E-state index in [4.69, 9.17) is 5.73 Å². The number of aromatic nitrogens is 5. The van der Waals surface area contributed by atoms with E-state index in [0.717, 1.165) is 5.69 Å². The first kappa shape index (κ1) is 17.9. The number of nitrogens with two attached hydrogens (primary N) is 1. The minimum Gasteiger partial charge on any atom is -0.368 e. The van der Waals surface area contributed by atoms with E-state index < -0.39 is 0 Å². The minimum atomic E-state index is -0.272. The Morgan fingerprint density at radius 1 is 1.15 bits per heavy atom. The SMILES string of the molecule is CCn1ccc(=O)nc1SC(C)c1nc(N)nc(Nc2ccccc2)n1. The van der Waals surface area contributed by atoms with E-state index in [9.17, 15) is 4.79 Å². The molecule has 0 amide bonds. The van der Waals surface area contributed by atoms with Gasteiger partial charge in [-0.05, 0) is 26.0 Å². The number of anilines is 3. The average molecular weight is 369 g/mol. The molecule has 0 saturated carbocycles. The molecule has 2 heterocycles. The molecule has 0 spiro atoms. The highest BCUT2D eigenvalue weighted by Gasteiger charge is 2.16. The molecule has 0 aliphatic heterocycles. The summed E-state index contributed by atoms with van der Waals surface area (Å²) in [5.74, 6) is 1.02. The smallest absolute Gasteiger partial charge is 0.273 e. The highest BCUT2D eigenvalue weighted by Crippen LogP contribution is 2.32. The van der Waals surface area contributed by atoms with Gasteiger partial charge in [-0.1, -0.05) is 30.0 Å². The lowest BCUT2D eigenvalue weighted by Crippen LogP contribution is -2.14. The quantitative estimate of drug-likeness (QED) is 0.504. The summed E-state index contributed by atoms with van der Waals surface area (Å²) < 4.78 is 1.90. The van der Waals surface area contributed by atoms with Gasteiger partial charge in [-0.3, -0.25) is 4.79 Å². The van der Waals surface area contributed by atoms with E-state index >= 15 is 0 Å². The third-order valence-electron chi connectivity index (χ3n) is 3.54. The third kappa shape index (κ3) is 4.37. The van der Waals surface area contributed by atoms with Crippen LogP contribution in [0.4, 0.5) is 17.6 Å². The number of rotatable bonds is 6. The van der Waals surface area contributed by atoms with Crippen LogP contribution in [0.1, 0.15) is 24.9 Å². The van der Waals surface area contributed by atoms with E-state index in [-0.39, 0.29) is 16.8 Å². The van der Waals surface area contributed by atoms with Gasteiger partial charge in [0.25, 0.3) is 5.56 Å². The molecule has 26 heavy (non-hydrogen) atoms. The Morgan fingerprint density at radius 2 is 1.92 bits per heavy atom. The Balaban J connectivity index is 1.84. The maximum Gasteiger partial charge on any atom is 0.273 e. The minimum absolute atomic E-state index is 0.134. The van der Waals surface area contributed by atoms with Crippen LogP contribution < -0.4 is 16.6 Å². The predicted octanol–water partition coefficient (Wildman–Crippen LogP) is 2.63. The first-order valence-corrected chi connectivity index (χ1v) is 9.00. The molecule has 3 rings (SSSR count). The molecule has 0 saturated heterocycles. The molecule has 134 valence electrons. The van der Waals surface area contributed by atoms with Crippen molar-refractivity contribution in [2.75, 3.05) is 11.1 Å². The Labute approximate surface area is 154 Å². The van der Waals surface area contributed by atoms with E-state index in [2.05, 4.69) is 25.3 Å². The number of hydrogen-bond acceptors (Lipinski definition) is 8. The molecule has 1 atom stereocenters. The average Bonchev–Trinajstić information content (AvgIpc) is 2.62. The van der Waals surface area contributed by atoms with Crippen LogP contribution >= 0.6 is 11.8 Å². The highest BCUT2D eigenvalue weighted by molar-refractivity contribution is 7.99. The van der Waals surface area contributed by atoms with Crippen molar-refractivity contribution >= 4 is 29.3 Å². The molecule has 2 aromatic heterocycles. The van der Waals surface area contributed by atoms with Gasteiger partial charge in [0.15, 0.2) is 5.16 Å². The third-order valence-corrected chi connectivity index (χ3v) is 4.64. The molecule has 0 bridgehead atoms. The van der Waals surface area contributed by atoms with Crippen molar-refractivity contribution in [3.8, 4) is 0 Å². The molecule has 3 aromatic rings. The van der Waals surface area contributed by atoms with Crippen molar-refractivity contribution in [3.05, 3.63) is 58.8 Å². The van der Waals surface area contributed by atoms with Gasteiger partial charge < -0.3 is 15.6 Å². The fraction of sp³-hybridized carbons (Fsp3) is 0.235. The second-order valence-electron chi connectivity index (χ2n) is 5.46. The van der Waals surface area contributed by atoms with Gasteiger partial charge in [0.2, 0.25) is 11.9 Å². The first-order chi connectivity index (χ1) is 12.5. The number of benzene rings is 1. The summed E-state index contributed by atoms with van der Waals surface area (Å²) in [6.07, 6.45) is 1.73. The molecule has 0 aliphatic rings. The summed E-state index contributed by atoms with van der Waals surface area (Å²) in [6.45, 7) is 4.64. The van der Waals surface area contributed by atoms with Gasteiger partial charge in [-0.25, -0.2) is 0 Å². The van der Waals surface area contributed by atoms with Crippen molar-refractivity contribution in [2.24, 2.45) is 0 Å². The Bertz CT molecular complexity index is 945. The van der Waals surface area contributed by atoms with Gasteiger partial charge in [0, 0.05) is 24.5 Å². The van der Waals surface area contributed by atoms with Crippen molar-refractivity contribution in [2.45, 2.75) is 30.8 Å². The summed E-state index contributed by atoms with van der Waals surface area (Å²) in [6, 6.07) is 11.0. The van der Waals surface area contributed by atoms with E-state index in [1.165, 1.54) is 17.8 Å². The van der Waals surface area contributed by atoms with Crippen LogP contribution in [0.25, 0.3) is 0 Å². The number of aryl methyl sites for hydroxylation is 1. The van der Waals surface area contributed by atoms with Crippen LogP contribution in [0.3, 0.4) is 0 Å². The molecular formula is C17H19N7OS. The Hall–Kier alpha value is -2.94. The molecule has 9 heteroatoms. The molecule has 1 aromatic carbocycles. The van der Waals surface area contributed by atoms with Crippen molar-refractivity contribution < 1.29 is 0 Å². The molecule has 3 N–H and O–H groups in total. The van der Waals surface area contributed by atoms with Crippen LogP contribution in [-0.2, 0) is 6.54 Å². The fourth-order valence-corrected chi connectivity index (χ4v) is 3.25. The lowest BCUT2D eigenvalue weighted by molar-refractivity contribution is 0.638. The zero-order valence-electron chi connectivity index (χ0n) is 14.5. The molecule has 0 fully saturated rings. The Morgan fingerprint density at radius 3 is 2.65 bits per heavy atom. The van der Waals surface area contributed by atoms with Gasteiger partial charge >= 0.3 is 0 Å². The second-order valence-corrected chi connectivity index (χ2v) is 6.77. The first-order valence-electron chi connectivity index (χ1n) is 8.13. The zero-order chi connectivity index (χ0) is 18.5. The largest absolute Gasteiger partial charge is 0.368 e. The van der Waals surface area contributed by atoms with Crippen LogP contribution in [-0.4, -0.2) is 24.5 Å². The lowest BCUT2D eigenvalue weighted by Gasteiger charge is -2.14. The van der Waals surface area contributed by atoms with E-state index in [1.54, 1.807) is 6.20 Å². The predicted molar refractivity (Wildman–Crippen MR) is 102 cm³/mol. The topological polar surface area (TPSA) is 112 Å². The number of hydrogen-bond donors (Lipinski definition) is 2. The number of nitrogens with one attached hydrogen (secondary N) is 1. The van der Waals surface area contributed by atoms with Gasteiger partial charge in [0.1, 0.15) is 5.82 Å². The van der Waals surface area contributed by atoms with Crippen molar-refractivity contribution in [1.82, 2.24) is 24.5 Å². The number of nitrogens with zero attached hydrogens (tertiary/aromatic N) is 5. The van der Waals surface area contributed by atoms with Crippen molar-refractivity contribution in [3.63, 3.8) is 0 Å². The number of thioether (sulfide) groups is 1. The van der Waals surface area contributed by atoms with Crippen LogP contribution in [0, 0.1) is 0 Å². The number of nitrogen functional groups attached to an aromatic ring is 1. The van der Waals surface area contributed by atoms with Crippen molar-refractivity contribution in [1.29, 1.82) is 0 Å². The molecule has 8 nitrogen and oxygen atoms in total. The summed E-state index contributed by atoms with van der Waals surface area (Å²) in [5.41, 5.74) is 6.43. The summed E-state index contributed by atoms with van der Waals surface area (Å²) in [7, 11) is 0. The fourth-order valence-electron chi connectivity index (χ4n) is 2.26. The normalized spacial score (nSPS) is 11.9. The second kappa shape index (κ2) is 7.96. The summed E-state index contributed by atoms with van der Waals surface area (Å²) in [5, 5.41) is 3.56. The standard InChI is InChI=1S/C17H19N7OS/c1-3-24-10-9-13(25)20-17(24)26-11(2)14-21-15(18)23-16(22-14)19-12-7-5-4-6-8-12/h4-11H,3H2,1-2H3,(H3,18,19,21,22,23). The zero-order valence-corrected chi connectivity index (χ0v) is 15.3. The summed E-state index contributed by atoms with van der Waals surface area (Å²) >= 11 is 1.40. The lowest BCUT2D eigenvalue weighted by atomic mass is 10.3. The van der Waals surface area contributed by atoms with Gasteiger partial charge in [-0.15, -0.1) is 0 Å². The highest BCUT2D eigenvalue weighted by atomic mass is 32.2. The Kier molecular flexibility index (Phi) is 5.47. The molecule has 0 aliphatic carbocycles. The molecule has 0 radical (unpaired) electrons. The van der Waals surface area contributed by atoms with Crippen LogP contribution in [0.5, 0.6) is 0 Å². The molecular weight excluding hydrogens is 350 g/mol. The summed E-state index contributed by atoms with van der Waals surface area (Å²) in [4.78, 5) is 28.5. The van der Waals surface area contributed by atoms with E-state index in [1.807, 2.05) is 48.7 Å². The van der Waals surface area contributed by atoms with Gasteiger partial charge in [-0.2, -0.15) is 19.9 Å². The maximum atomic E-state index is 11.6.